The standard InChI is InChI=1S/C17H21NOS/c1-3-16(18)17(20-15-10-5-4-6-11-15)13-8-7-9-14(12-13)19-2/h4-12,16-17H,3,18H2,1-2H3. The van der Waals surface area contributed by atoms with E-state index in [0.717, 1.165) is 12.2 Å². The number of benzene rings is 2. The number of hydrogen-bond donors (Lipinski definition) is 1. The topological polar surface area (TPSA) is 35.2 Å². The molecular formula is C17H21NOS. The first-order chi connectivity index (χ1) is 9.74. The largest absolute Gasteiger partial charge is 0.497 e. The molecule has 2 atom stereocenters. The van der Waals surface area contributed by atoms with Crippen LogP contribution in [0, 0.1) is 0 Å². The molecule has 0 saturated carbocycles. The van der Waals surface area contributed by atoms with E-state index in [2.05, 4.69) is 43.3 Å². The monoisotopic (exact) mass is 287 g/mol. The molecule has 0 aliphatic rings. The first kappa shape index (κ1) is 14.9. The van der Waals surface area contributed by atoms with E-state index in [-0.39, 0.29) is 11.3 Å². The minimum Gasteiger partial charge on any atom is -0.497 e. The Labute approximate surface area is 125 Å². The zero-order valence-electron chi connectivity index (χ0n) is 12.0. The quantitative estimate of drug-likeness (QED) is 0.806. The maximum atomic E-state index is 6.33. The van der Waals surface area contributed by atoms with Gasteiger partial charge in [-0.15, -0.1) is 11.8 Å². The summed E-state index contributed by atoms with van der Waals surface area (Å²) in [5.41, 5.74) is 7.54. The van der Waals surface area contributed by atoms with Crippen LogP contribution in [0.2, 0.25) is 0 Å². The molecule has 2 unspecified atom stereocenters. The molecule has 0 radical (unpaired) electrons. The van der Waals surface area contributed by atoms with Gasteiger partial charge in [-0.05, 0) is 36.2 Å². The Morgan fingerprint density at radius 2 is 1.85 bits per heavy atom. The van der Waals surface area contributed by atoms with Gasteiger partial charge in [0.25, 0.3) is 0 Å². The normalized spacial score (nSPS) is 13.8. The summed E-state index contributed by atoms with van der Waals surface area (Å²) in [7, 11) is 1.69. The maximum Gasteiger partial charge on any atom is 0.119 e. The van der Waals surface area contributed by atoms with Crippen LogP contribution in [-0.2, 0) is 0 Å². The first-order valence-corrected chi connectivity index (χ1v) is 7.73. The van der Waals surface area contributed by atoms with Gasteiger partial charge >= 0.3 is 0 Å². The van der Waals surface area contributed by atoms with Gasteiger partial charge in [-0.1, -0.05) is 37.3 Å². The lowest BCUT2D eigenvalue weighted by molar-refractivity contribution is 0.414. The summed E-state index contributed by atoms with van der Waals surface area (Å²) in [6.07, 6.45) is 0.946. The summed E-state index contributed by atoms with van der Waals surface area (Å²) in [5, 5.41) is 0.234. The second kappa shape index (κ2) is 7.36. The number of ether oxygens (including phenoxy) is 1. The summed E-state index contributed by atoms with van der Waals surface area (Å²) in [4.78, 5) is 1.24. The summed E-state index contributed by atoms with van der Waals surface area (Å²) < 4.78 is 5.32. The van der Waals surface area contributed by atoms with Crippen molar-refractivity contribution in [2.45, 2.75) is 29.5 Å². The van der Waals surface area contributed by atoms with Crippen molar-refractivity contribution in [1.82, 2.24) is 0 Å². The molecule has 0 amide bonds. The predicted octanol–water partition coefficient (Wildman–Crippen LogP) is 4.27. The van der Waals surface area contributed by atoms with Gasteiger partial charge < -0.3 is 10.5 Å². The van der Waals surface area contributed by atoms with Crippen LogP contribution in [0.15, 0.2) is 59.5 Å². The fourth-order valence-corrected chi connectivity index (χ4v) is 3.34. The van der Waals surface area contributed by atoms with Crippen molar-refractivity contribution in [1.29, 1.82) is 0 Å². The summed E-state index contributed by atoms with van der Waals surface area (Å²) in [5.74, 6) is 0.879. The van der Waals surface area contributed by atoms with Crippen molar-refractivity contribution in [2.75, 3.05) is 7.11 Å². The third-order valence-electron chi connectivity index (χ3n) is 3.29. The molecular weight excluding hydrogens is 266 g/mol. The molecule has 2 nitrogen and oxygen atoms in total. The minimum absolute atomic E-state index is 0.118. The minimum atomic E-state index is 0.118. The van der Waals surface area contributed by atoms with E-state index in [1.165, 1.54) is 10.5 Å². The maximum absolute atomic E-state index is 6.33. The molecule has 0 fully saturated rings. The second-order valence-corrected chi connectivity index (χ2v) is 5.92. The Hall–Kier alpha value is -1.45. The van der Waals surface area contributed by atoms with Crippen LogP contribution in [0.3, 0.4) is 0 Å². The molecule has 0 bridgehead atoms. The molecule has 2 N–H and O–H groups in total. The fraction of sp³-hybridized carbons (Fsp3) is 0.294. The summed E-state index contributed by atoms with van der Waals surface area (Å²) in [6.45, 7) is 2.13. The van der Waals surface area contributed by atoms with Crippen molar-refractivity contribution in [3.8, 4) is 5.75 Å². The highest BCUT2D eigenvalue weighted by Gasteiger charge is 2.20. The smallest absolute Gasteiger partial charge is 0.119 e. The van der Waals surface area contributed by atoms with E-state index in [1.807, 2.05) is 30.0 Å². The molecule has 0 aliphatic heterocycles. The number of nitrogens with two attached hydrogens (primary N) is 1. The fourth-order valence-electron chi connectivity index (χ4n) is 2.08. The van der Waals surface area contributed by atoms with Gasteiger partial charge in [0, 0.05) is 16.2 Å². The highest BCUT2D eigenvalue weighted by molar-refractivity contribution is 7.99. The molecule has 0 aromatic heterocycles. The number of hydrogen-bond acceptors (Lipinski definition) is 3. The van der Waals surface area contributed by atoms with Gasteiger partial charge in [0.1, 0.15) is 5.75 Å². The highest BCUT2D eigenvalue weighted by Crippen LogP contribution is 2.38. The third kappa shape index (κ3) is 3.78. The molecule has 20 heavy (non-hydrogen) atoms. The number of methoxy groups -OCH3 is 1. The zero-order chi connectivity index (χ0) is 14.4. The molecule has 106 valence electrons. The Morgan fingerprint density at radius 1 is 1.10 bits per heavy atom. The van der Waals surface area contributed by atoms with Gasteiger partial charge in [0.15, 0.2) is 0 Å². The first-order valence-electron chi connectivity index (χ1n) is 6.85. The van der Waals surface area contributed by atoms with Crippen molar-refractivity contribution in [2.24, 2.45) is 5.73 Å². The number of thioether (sulfide) groups is 1. The van der Waals surface area contributed by atoms with Crippen molar-refractivity contribution in [3.63, 3.8) is 0 Å². The lowest BCUT2D eigenvalue weighted by Gasteiger charge is -2.23. The van der Waals surface area contributed by atoms with E-state index >= 15 is 0 Å². The van der Waals surface area contributed by atoms with Gasteiger partial charge in [0.2, 0.25) is 0 Å². The number of rotatable bonds is 6. The van der Waals surface area contributed by atoms with E-state index in [1.54, 1.807) is 7.11 Å². The average molecular weight is 287 g/mol. The second-order valence-electron chi connectivity index (χ2n) is 4.70. The molecule has 0 heterocycles. The lowest BCUT2D eigenvalue weighted by atomic mass is 10.0. The Morgan fingerprint density at radius 3 is 2.50 bits per heavy atom. The third-order valence-corrected chi connectivity index (χ3v) is 4.71. The van der Waals surface area contributed by atoms with Crippen LogP contribution < -0.4 is 10.5 Å². The van der Waals surface area contributed by atoms with E-state index in [0.29, 0.717) is 0 Å². The van der Waals surface area contributed by atoms with Crippen LogP contribution in [0.4, 0.5) is 0 Å². The van der Waals surface area contributed by atoms with E-state index < -0.39 is 0 Å². The summed E-state index contributed by atoms with van der Waals surface area (Å²) in [6, 6.07) is 18.7. The molecule has 2 aromatic carbocycles. The van der Waals surface area contributed by atoms with Crippen LogP contribution >= 0.6 is 11.8 Å². The van der Waals surface area contributed by atoms with E-state index in [9.17, 15) is 0 Å². The molecule has 0 saturated heterocycles. The molecule has 2 rings (SSSR count). The zero-order valence-corrected chi connectivity index (χ0v) is 12.8. The molecule has 3 heteroatoms. The molecule has 2 aromatic rings. The molecule has 0 aliphatic carbocycles. The predicted molar refractivity (Wildman–Crippen MR) is 86.3 cm³/mol. The van der Waals surface area contributed by atoms with Crippen molar-refractivity contribution in [3.05, 3.63) is 60.2 Å². The Kier molecular flexibility index (Phi) is 5.50. The Bertz CT molecular complexity index is 530. The van der Waals surface area contributed by atoms with Gasteiger partial charge in [-0.2, -0.15) is 0 Å². The van der Waals surface area contributed by atoms with Crippen molar-refractivity contribution >= 4 is 11.8 Å². The average Bonchev–Trinajstić information content (AvgIpc) is 2.53. The van der Waals surface area contributed by atoms with Crippen LogP contribution in [0.25, 0.3) is 0 Å². The summed E-state index contributed by atoms with van der Waals surface area (Å²) >= 11 is 1.81. The Balaban J connectivity index is 2.27. The van der Waals surface area contributed by atoms with Gasteiger partial charge in [0.05, 0.1) is 7.11 Å². The lowest BCUT2D eigenvalue weighted by Crippen LogP contribution is -2.25. The highest BCUT2D eigenvalue weighted by atomic mass is 32.2. The van der Waals surface area contributed by atoms with Crippen molar-refractivity contribution < 1.29 is 4.74 Å². The van der Waals surface area contributed by atoms with Gasteiger partial charge in [-0.25, -0.2) is 0 Å². The van der Waals surface area contributed by atoms with Crippen LogP contribution in [0.1, 0.15) is 24.2 Å². The van der Waals surface area contributed by atoms with Gasteiger partial charge in [-0.3, -0.25) is 0 Å². The van der Waals surface area contributed by atoms with E-state index in [4.69, 9.17) is 10.5 Å². The van der Waals surface area contributed by atoms with Crippen LogP contribution in [0.5, 0.6) is 5.75 Å². The SMILES string of the molecule is CCC(N)C(Sc1ccccc1)c1cccc(OC)c1. The van der Waals surface area contributed by atoms with Crippen LogP contribution in [-0.4, -0.2) is 13.2 Å². The molecule has 0 spiro atoms.